The minimum Gasteiger partial charge on any atom is -0.491 e. The van der Waals surface area contributed by atoms with E-state index in [1.807, 2.05) is 38.1 Å². The Labute approximate surface area is 114 Å². The van der Waals surface area contributed by atoms with Crippen molar-refractivity contribution in [3.05, 3.63) is 54.0 Å². The zero-order valence-electron chi connectivity index (χ0n) is 11.7. The monoisotopic (exact) mass is 259 g/mol. The van der Waals surface area contributed by atoms with Gasteiger partial charge in [0, 0.05) is 6.54 Å². The number of benzene rings is 1. The Hall–Kier alpha value is -1.74. The van der Waals surface area contributed by atoms with Crippen LogP contribution in [-0.2, 0) is 6.54 Å². The first kappa shape index (κ1) is 13.7. The Morgan fingerprint density at radius 2 is 1.84 bits per heavy atom. The van der Waals surface area contributed by atoms with Gasteiger partial charge < -0.3 is 14.5 Å². The number of hydrogen-bond acceptors (Lipinski definition) is 3. The summed E-state index contributed by atoms with van der Waals surface area (Å²) >= 11 is 0. The number of nitrogens with one attached hydrogen (secondary N) is 1. The number of furan rings is 1. The van der Waals surface area contributed by atoms with E-state index in [-0.39, 0.29) is 12.1 Å². The summed E-state index contributed by atoms with van der Waals surface area (Å²) in [5.41, 5.74) is 1.23. The maximum Gasteiger partial charge on any atom is 0.120 e. The molecule has 3 nitrogen and oxygen atoms in total. The van der Waals surface area contributed by atoms with Gasteiger partial charge in [-0.2, -0.15) is 0 Å². The number of ether oxygens (including phenoxy) is 1. The average Bonchev–Trinajstić information content (AvgIpc) is 2.91. The molecule has 3 heteroatoms. The van der Waals surface area contributed by atoms with Gasteiger partial charge in [-0.15, -0.1) is 0 Å². The fourth-order valence-corrected chi connectivity index (χ4v) is 1.87. The van der Waals surface area contributed by atoms with Crippen LogP contribution in [0, 0.1) is 0 Å². The molecular formula is C16H21NO2. The highest BCUT2D eigenvalue weighted by Crippen LogP contribution is 2.16. The summed E-state index contributed by atoms with van der Waals surface area (Å²) in [6, 6.07) is 12.3. The lowest BCUT2D eigenvalue weighted by atomic mass is 10.2. The molecule has 19 heavy (non-hydrogen) atoms. The van der Waals surface area contributed by atoms with Crippen LogP contribution < -0.4 is 10.1 Å². The molecule has 0 unspecified atom stereocenters. The molecule has 0 saturated carbocycles. The third-order valence-corrected chi connectivity index (χ3v) is 2.88. The van der Waals surface area contributed by atoms with Crippen molar-refractivity contribution in [2.75, 3.05) is 0 Å². The van der Waals surface area contributed by atoms with E-state index in [1.54, 1.807) is 6.26 Å². The molecule has 1 atom stereocenters. The van der Waals surface area contributed by atoms with E-state index in [9.17, 15) is 0 Å². The van der Waals surface area contributed by atoms with Gasteiger partial charge in [-0.1, -0.05) is 12.1 Å². The van der Waals surface area contributed by atoms with Crippen LogP contribution in [0.2, 0.25) is 0 Å². The lowest BCUT2D eigenvalue weighted by molar-refractivity contribution is 0.242. The van der Waals surface area contributed by atoms with Gasteiger partial charge in [-0.3, -0.25) is 0 Å². The van der Waals surface area contributed by atoms with Crippen molar-refractivity contribution in [1.82, 2.24) is 5.32 Å². The van der Waals surface area contributed by atoms with Crippen LogP contribution in [0.3, 0.4) is 0 Å². The first-order chi connectivity index (χ1) is 9.15. The lowest BCUT2D eigenvalue weighted by Crippen LogP contribution is -2.17. The molecule has 0 bridgehead atoms. The second-order valence-electron chi connectivity index (χ2n) is 4.93. The van der Waals surface area contributed by atoms with Gasteiger partial charge in [-0.05, 0) is 50.6 Å². The maximum atomic E-state index is 5.62. The van der Waals surface area contributed by atoms with Crippen molar-refractivity contribution in [1.29, 1.82) is 0 Å². The van der Waals surface area contributed by atoms with Crippen molar-refractivity contribution < 1.29 is 9.15 Å². The number of hydrogen-bond donors (Lipinski definition) is 1. The third-order valence-electron chi connectivity index (χ3n) is 2.88. The fraction of sp³-hybridized carbons (Fsp3) is 0.375. The molecule has 0 fully saturated rings. The predicted molar refractivity (Wildman–Crippen MR) is 76.2 cm³/mol. The van der Waals surface area contributed by atoms with Gasteiger partial charge >= 0.3 is 0 Å². The molecule has 1 aromatic heterocycles. The molecule has 1 N–H and O–H groups in total. The van der Waals surface area contributed by atoms with Crippen molar-refractivity contribution in [2.45, 2.75) is 39.5 Å². The second kappa shape index (κ2) is 6.43. The van der Waals surface area contributed by atoms with E-state index in [0.29, 0.717) is 0 Å². The van der Waals surface area contributed by atoms with E-state index in [4.69, 9.17) is 9.15 Å². The van der Waals surface area contributed by atoms with Gasteiger partial charge in [0.2, 0.25) is 0 Å². The molecule has 0 amide bonds. The quantitative estimate of drug-likeness (QED) is 0.854. The Kier molecular flexibility index (Phi) is 4.63. The van der Waals surface area contributed by atoms with E-state index < -0.39 is 0 Å². The average molecular weight is 259 g/mol. The van der Waals surface area contributed by atoms with Crippen LogP contribution in [0.4, 0.5) is 0 Å². The van der Waals surface area contributed by atoms with Gasteiger partial charge in [0.05, 0.1) is 18.4 Å². The normalized spacial score (nSPS) is 12.6. The maximum absolute atomic E-state index is 5.62. The largest absolute Gasteiger partial charge is 0.491 e. The Bertz CT molecular complexity index is 474. The molecule has 1 heterocycles. The topological polar surface area (TPSA) is 34.4 Å². The second-order valence-corrected chi connectivity index (χ2v) is 4.93. The molecule has 0 radical (unpaired) electrons. The fourth-order valence-electron chi connectivity index (χ4n) is 1.87. The van der Waals surface area contributed by atoms with E-state index in [2.05, 4.69) is 24.4 Å². The SMILES string of the molecule is CC(C)Oc1ccc(CN[C@H](C)c2ccco2)cc1. The molecule has 102 valence electrons. The highest BCUT2D eigenvalue weighted by atomic mass is 16.5. The summed E-state index contributed by atoms with van der Waals surface area (Å²) in [7, 11) is 0. The zero-order chi connectivity index (χ0) is 13.7. The van der Waals surface area contributed by atoms with E-state index in [1.165, 1.54) is 5.56 Å². The van der Waals surface area contributed by atoms with Crippen molar-refractivity contribution in [3.8, 4) is 5.75 Å². The third kappa shape index (κ3) is 4.14. The van der Waals surface area contributed by atoms with Crippen molar-refractivity contribution in [2.24, 2.45) is 0 Å². The van der Waals surface area contributed by atoms with Crippen LogP contribution >= 0.6 is 0 Å². The van der Waals surface area contributed by atoms with Crippen molar-refractivity contribution >= 4 is 0 Å². The van der Waals surface area contributed by atoms with Gasteiger partial charge in [0.1, 0.15) is 11.5 Å². The summed E-state index contributed by atoms with van der Waals surface area (Å²) in [4.78, 5) is 0. The zero-order valence-corrected chi connectivity index (χ0v) is 11.7. The first-order valence-electron chi connectivity index (χ1n) is 6.67. The molecule has 0 aliphatic rings. The minimum absolute atomic E-state index is 0.210. The Morgan fingerprint density at radius 3 is 2.42 bits per heavy atom. The Morgan fingerprint density at radius 1 is 1.11 bits per heavy atom. The summed E-state index contributed by atoms with van der Waals surface area (Å²) in [5.74, 6) is 1.87. The lowest BCUT2D eigenvalue weighted by Gasteiger charge is -2.13. The summed E-state index contributed by atoms with van der Waals surface area (Å²) in [5, 5.41) is 3.43. The molecule has 1 aromatic carbocycles. The van der Waals surface area contributed by atoms with Crippen LogP contribution in [0.25, 0.3) is 0 Å². The highest BCUT2D eigenvalue weighted by Gasteiger charge is 2.07. The molecule has 2 rings (SSSR count). The van der Waals surface area contributed by atoms with Crippen LogP contribution in [0.1, 0.15) is 38.1 Å². The number of rotatable bonds is 6. The van der Waals surface area contributed by atoms with Crippen LogP contribution in [0.15, 0.2) is 47.1 Å². The van der Waals surface area contributed by atoms with Crippen LogP contribution in [-0.4, -0.2) is 6.10 Å². The summed E-state index contributed by atoms with van der Waals surface area (Å²) in [6.45, 7) is 6.96. The van der Waals surface area contributed by atoms with Gasteiger partial charge in [-0.25, -0.2) is 0 Å². The standard InChI is InChI=1S/C16H21NO2/c1-12(2)19-15-8-6-14(7-9-15)11-17-13(3)16-5-4-10-18-16/h4-10,12-13,17H,11H2,1-3H3/t13-/m1/s1. The van der Waals surface area contributed by atoms with E-state index >= 15 is 0 Å². The molecule has 0 aliphatic heterocycles. The Balaban J connectivity index is 1.86. The van der Waals surface area contributed by atoms with Crippen molar-refractivity contribution in [3.63, 3.8) is 0 Å². The predicted octanol–water partition coefficient (Wildman–Crippen LogP) is 3.92. The smallest absolute Gasteiger partial charge is 0.120 e. The minimum atomic E-state index is 0.210. The van der Waals surface area contributed by atoms with Gasteiger partial charge in [0.25, 0.3) is 0 Å². The first-order valence-corrected chi connectivity index (χ1v) is 6.67. The summed E-state index contributed by atoms with van der Waals surface area (Å²) in [6.07, 6.45) is 1.91. The molecule has 2 aromatic rings. The van der Waals surface area contributed by atoms with E-state index in [0.717, 1.165) is 18.1 Å². The van der Waals surface area contributed by atoms with Crippen LogP contribution in [0.5, 0.6) is 5.75 Å². The molecule has 0 saturated heterocycles. The highest BCUT2D eigenvalue weighted by molar-refractivity contribution is 5.27. The molecule has 0 aliphatic carbocycles. The molecular weight excluding hydrogens is 238 g/mol. The van der Waals surface area contributed by atoms with Gasteiger partial charge in [0.15, 0.2) is 0 Å². The summed E-state index contributed by atoms with van der Waals surface area (Å²) < 4.78 is 11.0. The molecule has 0 spiro atoms.